The number of nitrogens with zero attached hydrogens (tertiary/aromatic N) is 1. The quantitative estimate of drug-likeness (QED) is 0.636. The lowest BCUT2D eigenvalue weighted by atomic mass is 9.96. The highest BCUT2D eigenvalue weighted by Crippen LogP contribution is 2.53. The summed E-state index contributed by atoms with van der Waals surface area (Å²) in [6, 6.07) is 3.41. The van der Waals surface area contributed by atoms with Crippen LogP contribution < -0.4 is 0 Å². The zero-order chi connectivity index (χ0) is 19.2. The van der Waals surface area contributed by atoms with E-state index in [1.165, 1.54) is 19.1 Å². The first kappa shape index (κ1) is 19.1. The van der Waals surface area contributed by atoms with Gasteiger partial charge in [0.25, 0.3) is 0 Å². The van der Waals surface area contributed by atoms with Crippen LogP contribution in [-0.2, 0) is 5.92 Å². The molecule has 10 heteroatoms. The van der Waals surface area contributed by atoms with Gasteiger partial charge in [0.1, 0.15) is 11.6 Å². The zero-order valence-corrected chi connectivity index (χ0v) is 12.2. The van der Waals surface area contributed by atoms with Gasteiger partial charge in [-0.05, 0) is 36.8 Å². The van der Waals surface area contributed by atoms with Crippen molar-refractivity contribution in [2.24, 2.45) is 0 Å². The highest BCUT2D eigenvalue weighted by atomic mass is 19.4. The van der Waals surface area contributed by atoms with Gasteiger partial charge in [-0.1, -0.05) is 0 Å². The van der Waals surface area contributed by atoms with Crippen LogP contribution in [0.3, 0.4) is 0 Å². The number of pyridine rings is 1. The van der Waals surface area contributed by atoms with Crippen LogP contribution in [0.4, 0.5) is 39.5 Å². The Bertz CT molecular complexity index is 796. The van der Waals surface area contributed by atoms with E-state index in [4.69, 9.17) is 0 Å². The monoisotopic (exact) mass is 373 g/mol. The van der Waals surface area contributed by atoms with Gasteiger partial charge in [0.05, 0.1) is 11.3 Å². The number of rotatable bonds is 3. The number of hydrogen-bond acceptors (Lipinski definition) is 1. The van der Waals surface area contributed by atoms with Crippen molar-refractivity contribution in [2.45, 2.75) is 24.9 Å². The Balaban J connectivity index is 2.73. The molecule has 1 heterocycles. The summed E-state index contributed by atoms with van der Waals surface area (Å²) in [4.78, 5) is 3.62. The van der Waals surface area contributed by atoms with Crippen molar-refractivity contribution in [1.29, 1.82) is 0 Å². The van der Waals surface area contributed by atoms with Crippen LogP contribution in [0.25, 0.3) is 11.3 Å². The van der Waals surface area contributed by atoms with Crippen molar-refractivity contribution in [3.05, 3.63) is 53.2 Å². The number of aryl methyl sites for hydroxylation is 1. The van der Waals surface area contributed by atoms with Gasteiger partial charge in [0, 0.05) is 11.8 Å². The van der Waals surface area contributed by atoms with E-state index in [0.29, 0.717) is 11.6 Å². The molecule has 0 fully saturated rings. The molecule has 1 aromatic heterocycles. The first-order valence-corrected chi connectivity index (χ1v) is 6.54. The molecule has 0 amide bonds. The predicted octanol–water partition coefficient (Wildman–Crippen LogP) is 5.62. The molecule has 0 unspecified atom stereocenters. The van der Waals surface area contributed by atoms with Gasteiger partial charge < -0.3 is 0 Å². The smallest absolute Gasteiger partial charge is 0.256 e. The van der Waals surface area contributed by atoms with E-state index >= 15 is 0 Å². The molecule has 0 saturated carbocycles. The summed E-state index contributed by atoms with van der Waals surface area (Å²) in [7, 11) is 0. The minimum absolute atomic E-state index is 0.179. The second-order valence-corrected chi connectivity index (χ2v) is 5.15. The van der Waals surface area contributed by atoms with Gasteiger partial charge in [-0.3, -0.25) is 4.98 Å². The second kappa shape index (κ2) is 5.92. The maximum atomic E-state index is 14.3. The van der Waals surface area contributed by atoms with Crippen LogP contribution in [0, 0.1) is 18.6 Å². The van der Waals surface area contributed by atoms with Crippen molar-refractivity contribution in [2.75, 3.05) is 0 Å². The SMILES string of the molecule is Cc1ccnc(-c2ccc(F)c(C(F)(F)C(F)(F)C(F)(F)F)c2F)c1. The summed E-state index contributed by atoms with van der Waals surface area (Å²) >= 11 is 0. The Morgan fingerprint density at radius 3 is 2.00 bits per heavy atom. The third kappa shape index (κ3) is 3.05. The van der Waals surface area contributed by atoms with Gasteiger partial charge in [0.15, 0.2) is 0 Å². The predicted molar refractivity (Wildman–Crippen MR) is 69.2 cm³/mol. The van der Waals surface area contributed by atoms with E-state index in [9.17, 15) is 39.5 Å². The fourth-order valence-electron chi connectivity index (χ4n) is 2.06. The average Bonchev–Trinajstić information content (AvgIpc) is 2.45. The molecule has 2 rings (SSSR count). The Kier molecular flexibility index (Phi) is 4.52. The first-order valence-electron chi connectivity index (χ1n) is 6.54. The molecule has 1 aromatic carbocycles. The van der Waals surface area contributed by atoms with Gasteiger partial charge in [0.2, 0.25) is 0 Å². The molecule has 0 atom stereocenters. The third-order valence-corrected chi connectivity index (χ3v) is 3.35. The molecule has 0 aliphatic heterocycles. The average molecular weight is 373 g/mol. The van der Waals surface area contributed by atoms with Gasteiger partial charge >= 0.3 is 18.0 Å². The molecule has 0 aliphatic rings. The second-order valence-electron chi connectivity index (χ2n) is 5.15. The van der Waals surface area contributed by atoms with E-state index in [2.05, 4.69) is 4.98 Å². The summed E-state index contributed by atoms with van der Waals surface area (Å²) in [5, 5.41) is 0. The number of halogens is 9. The minimum atomic E-state index is -6.72. The van der Waals surface area contributed by atoms with E-state index in [-0.39, 0.29) is 11.8 Å². The van der Waals surface area contributed by atoms with Crippen LogP contribution >= 0.6 is 0 Å². The number of benzene rings is 1. The van der Waals surface area contributed by atoms with Crippen LogP contribution in [0.2, 0.25) is 0 Å². The van der Waals surface area contributed by atoms with Crippen LogP contribution in [0.15, 0.2) is 30.5 Å². The normalized spacial score (nSPS) is 13.2. The number of aromatic nitrogens is 1. The summed E-state index contributed by atoms with van der Waals surface area (Å²) < 4.78 is 118. The Hall–Kier alpha value is -2.26. The maximum absolute atomic E-state index is 14.3. The van der Waals surface area contributed by atoms with Crippen molar-refractivity contribution >= 4 is 0 Å². The summed E-state index contributed by atoms with van der Waals surface area (Å²) in [5.74, 6) is -17.3. The Morgan fingerprint density at radius 2 is 1.48 bits per heavy atom. The van der Waals surface area contributed by atoms with Gasteiger partial charge in [-0.15, -0.1) is 0 Å². The maximum Gasteiger partial charge on any atom is 0.460 e. The van der Waals surface area contributed by atoms with E-state index in [1.54, 1.807) is 0 Å². The molecule has 0 N–H and O–H groups in total. The lowest BCUT2D eigenvalue weighted by Crippen LogP contribution is -2.50. The molecule has 136 valence electrons. The number of alkyl halides is 7. The lowest BCUT2D eigenvalue weighted by molar-refractivity contribution is -0.360. The van der Waals surface area contributed by atoms with Crippen molar-refractivity contribution < 1.29 is 39.5 Å². The lowest BCUT2D eigenvalue weighted by Gasteiger charge is -2.29. The molecule has 0 spiro atoms. The number of hydrogen-bond donors (Lipinski definition) is 0. The van der Waals surface area contributed by atoms with E-state index < -0.39 is 40.8 Å². The molecular formula is C15H8F9N. The van der Waals surface area contributed by atoms with Crippen LogP contribution in [0.5, 0.6) is 0 Å². The molecular weight excluding hydrogens is 365 g/mol. The molecule has 0 saturated heterocycles. The first-order chi connectivity index (χ1) is 11.3. The fourth-order valence-corrected chi connectivity index (χ4v) is 2.06. The zero-order valence-electron chi connectivity index (χ0n) is 12.2. The highest BCUT2D eigenvalue weighted by molar-refractivity contribution is 5.62. The summed E-state index contributed by atoms with van der Waals surface area (Å²) in [6.07, 6.45) is -5.58. The molecule has 1 nitrogen and oxygen atoms in total. The Labute approximate surface area is 135 Å². The van der Waals surface area contributed by atoms with Crippen molar-refractivity contribution in [3.8, 4) is 11.3 Å². The Morgan fingerprint density at radius 1 is 0.880 bits per heavy atom. The van der Waals surface area contributed by atoms with Crippen LogP contribution in [-0.4, -0.2) is 17.1 Å². The van der Waals surface area contributed by atoms with Crippen LogP contribution in [0.1, 0.15) is 11.1 Å². The minimum Gasteiger partial charge on any atom is -0.256 e. The van der Waals surface area contributed by atoms with E-state index in [0.717, 1.165) is 6.20 Å². The van der Waals surface area contributed by atoms with Crippen molar-refractivity contribution in [3.63, 3.8) is 0 Å². The fraction of sp³-hybridized carbons (Fsp3) is 0.267. The van der Waals surface area contributed by atoms with Gasteiger partial charge in [-0.2, -0.15) is 30.7 Å². The summed E-state index contributed by atoms with van der Waals surface area (Å²) in [6.45, 7) is 1.51. The van der Waals surface area contributed by atoms with Crippen molar-refractivity contribution in [1.82, 2.24) is 4.98 Å². The summed E-state index contributed by atoms with van der Waals surface area (Å²) in [5.41, 5.74) is -3.36. The largest absolute Gasteiger partial charge is 0.460 e. The standard InChI is InChI=1S/C15H8F9N/c1-7-4-5-25-10(6-7)8-2-3-9(16)11(12(8)17)13(18,19)14(20,21)15(22,23)24/h2-6H,1H3. The van der Waals surface area contributed by atoms with Gasteiger partial charge in [-0.25, -0.2) is 8.78 Å². The molecule has 0 radical (unpaired) electrons. The molecule has 0 aliphatic carbocycles. The van der Waals surface area contributed by atoms with E-state index in [1.807, 2.05) is 0 Å². The highest BCUT2D eigenvalue weighted by Gasteiger charge is 2.74. The topological polar surface area (TPSA) is 12.9 Å². The molecule has 25 heavy (non-hydrogen) atoms. The molecule has 0 bridgehead atoms. The third-order valence-electron chi connectivity index (χ3n) is 3.35. The molecule has 2 aromatic rings.